The minimum absolute atomic E-state index is 0.149. The summed E-state index contributed by atoms with van der Waals surface area (Å²) in [6, 6.07) is 61.3. The minimum atomic E-state index is -0.149. The lowest BCUT2D eigenvalue weighted by atomic mass is 9.86. The van der Waals surface area contributed by atoms with Gasteiger partial charge >= 0.3 is 0 Å². The van der Waals surface area contributed by atoms with Crippen molar-refractivity contribution in [3.05, 3.63) is 186 Å². The molecule has 0 amide bonds. The third kappa shape index (κ3) is 6.69. The van der Waals surface area contributed by atoms with E-state index in [1.165, 1.54) is 0 Å². The van der Waals surface area contributed by atoms with Crippen molar-refractivity contribution in [2.24, 2.45) is 0 Å². The van der Waals surface area contributed by atoms with Gasteiger partial charge in [-0.3, -0.25) is 0 Å². The van der Waals surface area contributed by atoms with Crippen LogP contribution in [-0.4, -0.2) is 4.57 Å². The molecular formula is C52H45N5. The molecule has 0 radical (unpaired) electrons. The molecule has 0 bridgehead atoms. The van der Waals surface area contributed by atoms with Crippen LogP contribution in [0.25, 0.3) is 27.5 Å². The molecule has 8 rings (SSSR count). The molecule has 0 aliphatic rings. The second-order valence-corrected chi connectivity index (χ2v) is 16.5. The number of hydrogen-bond acceptors (Lipinski definition) is 4. The molecule has 0 saturated heterocycles. The van der Waals surface area contributed by atoms with Gasteiger partial charge in [0.2, 0.25) is 0 Å². The van der Waals surface area contributed by atoms with Crippen molar-refractivity contribution in [3.63, 3.8) is 0 Å². The van der Waals surface area contributed by atoms with E-state index in [0.29, 0.717) is 28.2 Å². The van der Waals surface area contributed by atoms with Gasteiger partial charge in [0.25, 0.3) is 0 Å². The molecule has 1 aromatic heterocycles. The standard InChI is InChI=1S/C52H45N5/c1-51(2,3)36-27-29-42-43-30-28-37(52(4,5)6)32-47(43)57(46(42)31-36)50-44(34-53)48(55(38-19-11-7-12-20-38)39-21-13-8-14-22-39)33-49(45(50)35-54)56(40-23-15-9-16-24-40)41-25-17-10-18-26-41/h7-33H,1-6H3. The number of benzene rings is 7. The molecule has 5 heteroatoms. The summed E-state index contributed by atoms with van der Waals surface area (Å²) in [6.45, 7) is 13.3. The first-order valence-electron chi connectivity index (χ1n) is 19.4. The summed E-state index contributed by atoms with van der Waals surface area (Å²) in [5.74, 6) is 0. The molecular weight excluding hydrogens is 695 g/mol. The Hall–Kier alpha value is -7.08. The maximum atomic E-state index is 11.6. The van der Waals surface area contributed by atoms with E-state index < -0.39 is 0 Å². The SMILES string of the molecule is CC(C)(C)c1ccc2c3ccc(C(C)(C)C)cc3n(-c3c(C#N)c(N(c4ccccc4)c4ccccc4)cc(N(c4ccccc4)c4ccccc4)c3C#N)c2c1. The van der Waals surface area contributed by atoms with E-state index >= 15 is 0 Å². The molecule has 0 saturated carbocycles. The number of nitriles is 2. The van der Waals surface area contributed by atoms with Crippen LogP contribution in [0.5, 0.6) is 0 Å². The highest BCUT2D eigenvalue weighted by Crippen LogP contribution is 2.48. The van der Waals surface area contributed by atoms with E-state index in [2.05, 4.69) is 153 Å². The van der Waals surface area contributed by atoms with Crippen LogP contribution >= 0.6 is 0 Å². The molecule has 0 spiro atoms. The summed E-state index contributed by atoms with van der Waals surface area (Å²) in [5, 5.41) is 25.4. The number of fused-ring (bicyclic) bond motifs is 3. The van der Waals surface area contributed by atoms with Crippen LogP contribution in [0.2, 0.25) is 0 Å². The number of rotatable bonds is 7. The van der Waals surface area contributed by atoms with Crippen molar-refractivity contribution < 1.29 is 0 Å². The third-order valence-electron chi connectivity index (χ3n) is 10.7. The second kappa shape index (κ2) is 14.5. The van der Waals surface area contributed by atoms with Crippen LogP contribution in [0.3, 0.4) is 0 Å². The second-order valence-electron chi connectivity index (χ2n) is 16.5. The first-order chi connectivity index (χ1) is 27.5. The topological polar surface area (TPSA) is 59.0 Å². The van der Waals surface area contributed by atoms with E-state index in [0.717, 1.165) is 55.7 Å². The zero-order chi connectivity index (χ0) is 39.9. The summed E-state index contributed by atoms with van der Waals surface area (Å²) in [5.41, 5.74) is 10.1. The molecule has 57 heavy (non-hydrogen) atoms. The van der Waals surface area contributed by atoms with Crippen LogP contribution in [0.4, 0.5) is 34.1 Å². The van der Waals surface area contributed by atoms with Gasteiger partial charge in [0.15, 0.2) is 0 Å². The zero-order valence-corrected chi connectivity index (χ0v) is 33.3. The highest BCUT2D eigenvalue weighted by molar-refractivity contribution is 6.11. The number of nitrogens with zero attached hydrogens (tertiary/aromatic N) is 5. The number of anilines is 6. The molecule has 0 N–H and O–H groups in total. The number of hydrogen-bond donors (Lipinski definition) is 0. The maximum absolute atomic E-state index is 11.6. The first kappa shape index (κ1) is 36.9. The van der Waals surface area contributed by atoms with Gasteiger partial charge in [-0.25, -0.2) is 0 Å². The van der Waals surface area contributed by atoms with Crippen LogP contribution < -0.4 is 9.80 Å². The molecule has 0 aliphatic heterocycles. The Morgan fingerprint density at radius 1 is 0.421 bits per heavy atom. The van der Waals surface area contributed by atoms with Gasteiger partial charge in [-0.05, 0) is 88.7 Å². The smallest absolute Gasteiger partial charge is 0.104 e. The molecule has 8 aromatic rings. The normalized spacial score (nSPS) is 11.6. The Labute approximate surface area is 335 Å². The van der Waals surface area contributed by atoms with Crippen LogP contribution in [0.1, 0.15) is 63.8 Å². The highest BCUT2D eigenvalue weighted by atomic mass is 15.2. The van der Waals surface area contributed by atoms with E-state index in [-0.39, 0.29) is 10.8 Å². The van der Waals surface area contributed by atoms with Crippen molar-refractivity contribution in [1.82, 2.24) is 4.57 Å². The lowest BCUT2D eigenvalue weighted by Gasteiger charge is -2.32. The molecule has 0 atom stereocenters. The van der Waals surface area contributed by atoms with Gasteiger partial charge in [0.1, 0.15) is 23.3 Å². The van der Waals surface area contributed by atoms with Crippen molar-refractivity contribution in [2.45, 2.75) is 52.4 Å². The Morgan fingerprint density at radius 3 is 1.02 bits per heavy atom. The predicted octanol–water partition coefficient (Wildman–Crippen LogP) is 14.1. The van der Waals surface area contributed by atoms with Crippen molar-refractivity contribution in [1.29, 1.82) is 10.5 Å². The van der Waals surface area contributed by atoms with E-state index in [1.54, 1.807) is 0 Å². The number of aromatic nitrogens is 1. The lowest BCUT2D eigenvalue weighted by molar-refractivity contribution is 0.591. The van der Waals surface area contributed by atoms with E-state index in [9.17, 15) is 10.5 Å². The minimum Gasteiger partial charge on any atom is -0.309 e. The van der Waals surface area contributed by atoms with Gasteiger partial charge in [-0.15, -0.1) is 0 Å². The molecule has 7 aromatic carbocycles. The fourth-order valence-electron chi connectivity index (χ4n) is 7.79. The molecule has 0 aliphatic carbocycles. The molecule has 1 heterocycles. The molecule has 5 nitrogen and oxygen atoms in total. The fourth-order valence-corrected chi connectivity index (χ4v) is 7.79. The Bertz CT molecular complexity index is 2540. The van der Waals surface area contributed by atoms with Gasteiger partial charge in [-0.1, -0.05) is 139 Å². The van der Waals surface area contributed by atoms with Crippen molar-refractivity contribution in [2.75, 3.05) is 9.80 Å². The van der Waals surface area contributed by atoms with Gasteiger partial charge in [0, 0.05) is 33.5 Å². The van der Waals surface area contributed by atoms with Gasteiger partial charge in [-0.2, -0.15) is 10.5 Å². The zero-order valence-electron chi connectivity index (χ0n) is 33.3. The van der Waals surface area contributed by atoms with Gasteiger partial charge in [0.05, 0.1) is 28.1 Å². The fraction of sp³-hybridized carbons (Fsp3) is 0.154. The molecule has 278 valence electrons. The Kier molecular flexibility index (Phi) is 9.40. The molecule has 0 unspecified atom stereocenters. The monoisotopic (exact) mass is 739 g/mol. The Morgan fingerprint density at radius 2 is 0.737 bits per heavy atom. The summed E-state index contributed by atoms with van der Waals surface area (Å²) < 4.78 is 2.20. The summed E-state index contributed by atoms with van der Waals surface area (Å²) in [6.07, 6.45) is 0. The average Bonchev–Trinajstić information content (AvgIpc) is 3.54. The average molecular weight is 740 g/mol. The van der Waals surface area contributed by atoms with E-state index in [4.69, 9.17) is 0 Å². The van der Waals surface area contributed by atoms with Gasteiger partial charge < -0.3 is 14.4 Å². The summed E-state index contributed by atoms with van der Waals surface area (Å²) in [4.78, 5) is 4.27. The van der Waals surface area contributed by atoms with Crippen LogP contribution in [-0.2, 0) is 10.8 Å². The largest absolute Gasteiger partial charge is 0.309 e. The first-order valence-corrected chi connectivity index (χ1v) is 19.4. The number of para-hydroxylation sites is 4. The predicted molar refractivity (Wildman–Crippen MR) is 237 cm³/mol. The lowest BCUT2D eigenvalue weighted by Crippen LogP contribution is -2.18. The van der Waals surface area contributed by atoms with Crippen molar-refractivity contribution >= 4 is 55.9 Å². The summed E-state index contributed by atoms with van der Waals surface area (Å²) >= 11 is 0. The van der Waals surface area contributed by atoms with E-state index in [1.807, 2.05) is 78.9 Å². The maximum Gasteiger partial charge on any atom is 0.104 e. The Balaban J connectivity index is 1.62. The van der Waals surface area contributed by atoms with Crippen LogP contribution in [0, 0.1) is 22.7 Å². The summed E-state index contributed by atoms with van der Waals surface area (Å²) in [7, 11) is 0. The third-order valence-corrected chi connectivity index (χ3v) is 10.7. The van der Waals surface area contributed by atoms with Crippen LogP contribution in [0.15, 0.2) is 164 Å². The van der Waals surface area contributed by atoms with Crippen molar-refractivity contribution in [3.8, 4) is 17.8 Å². The quantitative estimate of drug-likeness (QED) is 0.163. The molecule has 0 fully saturated rings. The highest BCUT2D eigenvalue weighted by Gasteiger charge is 2.31.